The highest BCUT2D eigenvalue weighted by Gasteiger charge is 2.15. The molecule has 144 valence electrons. The van der Waals surface area contributed by atoms with Crippen LogP contribution in [0, 0.1) is 13.8 Å². The van der Waals surface area contributed by atoms with E-state index in [0.717, 1.165) is 30.2 Å². The summed E-state index contributed by atoms with van der Waals surface area (Å²) in [5, 5.41) is 11.6. The summed E-state index contributed by atoms with van der Waals surface area (Å²) in [7, 11) is 0. The van der Waals surface area contributed by atoms with Crippen LogP contribution >= 0.6 is 0 Å². The molecule has 1 N–H and O–H groups in total. The fourth-order valence-electron chi connectivity index (χ4n) is 3.25. The van der Waals surface area contributed by atoms with Gasteiger partial charge in [0.25, 0.3) is 5.91 Å². The van der Waals surface area contributed by atoms with Crippen LogP contribution in [0.3, 0.4) is 0 Å². The van der Waals surface area contributed by atoms with Crippen LogP contribution < -0.4 is 10.2 Å². The molecule has 0 saturated carbocycles. The predicted octanol–water partition coefficient (Wildman–Crippen LogP) is 3.44. The lowest BCUT2D eigenvalue weighted by Gasteiger charge is -2.27. The highest BCUT2D eigenvalue weighted by molar-refractivity contribution is 6.05. The SMILES string of the molecule is Cc1cc(C(=O)Nc2cccc(-c3ccc(N4CCOCC4)nn3)c2)c(C)o1. The van der Waals surface area contributed by atoms with Crippen molar-refractivity contribution in [1.29, 1.82) is 0 Å². The first-order valence-electron chi connectivity index (χ1n) is 9.25. The highest BCUT2D eigenvalue weighted by Crippen LogP contribution is 2.23. The summed E-state index contributed by atoms with van der Waals surface area (Å²) in [6.45, 7) is 6.67. The summed E-state index contributed by atoms with van der Waals surface area (Å²) in [6, 6.07) is 13.2. The number of nitrogens with one attached hydrogen (secondary N) is 1. The lowest BCUT2D eigenvalue weighted by atomic mass is 10.1. The van der Waals surface area contributed by atoms with Crippen LogP contribution in [-0.4, -0.2) is 42.4 Å². The molecule has 3 aromatic rings. The van der Waals surface area contributed by atoms with Crippen molar-refractivity contribution in [2.75, 3.05) is 36.5 Å². The summed E-state index contributed by atoms with van der Waals surface area (Å²) in [5.41, 5.74) is 2.87. The smallest absolute Gasteiger partial charge is 0.259 e. The van der Waals surface area contributed by atoms with Gasteiger partial charge in [-0.25, -0.2) is 0 Å². The predicted molar refractivity (Wildman–Crippen MR) is 107 cm³/mol. The van der Waals surface area contributed by atoms with Gasteiger partial charge in [-0.15, -0.1) is 10.2 Å². The number of carbonyl (C=O) groups is 1. The standard InChI is InChI=1S/C21H22N4O3/c1-14-12-18(15(2)28-14)21(26)22-17-5-3-4-16(13-17)19-6-7-20(24-23-19)25-8-10-27-11-9-25/h3-7,12-13H,8-11H2,1-2H3,(H,22,26). The number of nitrogens with zero attached hydrogens (tertiary/aromatic N) is 3. The zero-order valence-corrected chi connectivity index (χ0v) is 15.9. The van der Waals surface area contributed by atoms with E-state index < -0.39 is 0 Å². The normalized spacial score (nSPS) is 14.1. The summed E-state index contributed by atoms with van der Waals surface area (Å²) in [5.74, 6) is 1.98. The Morgan fingerprint density at radius 1 is 1.07 bits per heavy atom. The van der Waals surface area contributed by atoms with Gasteiger partial charge in [0.2, 0.25) is 0 Å². The molecule has 7 heteroatoms. The van der Waals surface area contributed by atoms with Crippen LogP contribution in [0.2, 0.25) is 0 Å². The molecule has 0 unspecified atom stereocenters. The molecule has 0 bridgehead atoms. The molecule has 2 aromatic heterocycles. The number of furan rings is 1. The van der Waals surface area contributed by atoms with Crippen LogP contribution in [0.15, 0.2) is 46.9 Å². The number of amides is 1. The summed E-state index contributed by atoms with van der Waals surface area (Å²) in [6.07, 6.45) is 0. The van der Waals surface area contributed by atoms with E-state index in [1.165, 1.54) is 0 Å². The molecule has 4 rings (SSSR count). The Bertz CT molecular complexity index is 976. The minimum absolute atomic E-state index is 0.194. The molecule has 0 spiro atoms. The zero-order chi connectivity index (χ0) is 19.5. The fraction of sp³-hybridized carbons (Fsp3) is 0.286. The largest absolute Gasteiger partial charge is 0.466 e. The second-order valence-corrected chi connectivity index (χ2v) is 6.74. The van der Waals surface area contributed by atoms with Crippen molar-refractivity contribution < 1.29 is 13.9 Å². The first-order chi connectivity index (χ1) is 13.6. The number of anilines is 2. The topological polar surface area (TPSA) is 80.5 Å². The Hall–Kier alpha value is -3.19. The summed E-state index contributed by atoms with van der Waals surface area (Å²) >= 11 is 0. The summed E-state index contributed by atoms with van der Waals surface area (Å²) < 4.78 is 10.8. The van der Waals surface area contributed by atoms with Gasteiger partial charge in [-0.3, -0.25) is 4.79 Å². The summed E-state index contributed by atoms with van der Waals surface area (Å²) in [4.78, 5) is 14.7. The third-order valence-electron chi connectivity index (χ3n) is 4.69. The second-order valence-electron chi connectivity index (χ2n) is 6.74. The maximum atomic E-state index is 12.5. The first kappa shape index (κ1) is 18.2. The Morgan fingerprint density at radius 3 is 2.57 bits per heavy atom. The van der Waals surface area contributed by atoms with Crippen LogP contribution in [-0.2, 0) is 4.74 Å². The maximum Gasteiger partial charge on any atom is 0.259 e. The molecule has 1 saturated heterocycles. The number of hydrogen-bond acceptors (Lipinski definition) is 6. The van der Waals surface area contributed by atoms with E-state index in [1.54, 1.807) is 13.0 Å². The van der Waals surface area contributed by atoms with Gasteiger partial charge in [0.1, 0.15) is 11.5 Å². The van der Waals surface area contributed by atoms with Crippen molar-refractivity contribution >= 4 is 17.4 Å². The van der Waals surface area contributed by atoms with Gasteiger partial charge in [0.05, 0.1) is 24.5 Å². The molecule has 1 aromatic carbocycles. The average molecular weight is 378 g/mol. The molecule has 1 amide bonds. The van der Waals surface area contributed by atoms with E-state index in [1.807, 2.05) is 43.3 Å². The van der Waals surface area contributed by atoms with Crippen LogP contribution in [0.4, 0.5) is 11.5 Å². The Kier molecular flexibility index (Phi) is 5.08. The monoisotopic (exact) mass is 378 g/mol. The van der Waals surface area contributed by atoms with Crippen LogP contribution in [0.1, 0.15) is 21.9 Å². The number of aryl methyl sites for hydroxylation is 2. The third-order valence-corrected chi connectivity index (χ3v) is 4.69. The maximum absolute atomic E-state index is 12.5. The number of morpholine rings is 1. The van der Waals surface area contributed by atoms with Gasteiger partial charge >= 0.3 is 0 Å². The lowest BCUT2D eigenvalue weighted by Crippen LogP contribution is -2.36. The first-order valence-corrected chi connectivity index (χ1v) is 9.25. The molecule has 1 aliphatic heterocycles. The van der Waals surface area contributed by atoms with Crippen LogP contribution in [0.5, 0.6) is 0 Å². The fourth-order valence-corrected chi connectivity index (χ4v) is 3.25. The zero-order valence-electron chi connectivity index (χ0n) is 15.9. The van der Waals surface area contributed by atoms with Crippen molar-refractivity contribution in [2.45, 2.75) is 13.8 Å². The number of ether oxygens (including phenoxy) is 1. The van der Waals surface area contributed by atoms with Crippen molar-refractivity contribution in [2.24, 2.45) is 0 Å². The quantitative estimate of drug-likeness (QED) is 0.749. The molecule has 1 aliphatic rings. The van der Waals surface area contributed by atoms with E-state index in [4.69, 9.17) is 9.15 Å². The number of aromatic nitrogens is 2. The van der Waals surface area contributed by atoms with Crippen molar-refractivity contribution in [3.63, 3.8) is 0 Å². The highest BCUT2D eigenvalue weighted by atomic mass is 16.5. The van der Waals surface area contributed by atoms with Gasteiger partial charge < -0.3 is 19.4 Å². The van der Waals surface area contributed by atoms with Gasteiger partial charge in [-0.2, -0.15) is 0 Å². The number of benzene rings is 1. The van der Waals surface area contributed by atoms with Gasteiger partial charge in [0, 0.05) is 24.3 Å². The molecular weight excluding hydrogens is 356 g/mol. The average Bonchev–Trinajstić information content (AvgIpc) is 3.07. The molecule has 0 atom stereocenters. The van der Waals surface area contributed by atoms with Crippen molar-refractivity contribution in [1.82, 2.24) is 10.2 Å². The molecule has 3 heterocycles. The van der Waals surface area contributed by atoms with E-state index in [2.05, 4.69) is 20.4 Å². The van der Waals surface area contributed by atoms with Crippen molar-refractivity contribution in [3.8, 4) is 11.3 Å². The van der Waals surface area contributed by atoms with E-state index >= 15 is 0 Å². The molecule has 0 aliphatic carbocycles. The number of hydrogen-bond donors (Lipinski definition) is 1. The molecule has 28 heavy (non-hydrogen) atoms. The van der Waals surface area contributed by atoms with E-state index in [9.17, 15) is 4.79 Å². The Morgan fingerprint density at radius 2 is 1.89 bits per heavy atom. The number of carbonyl (C=O) groups excluding carboxylic acids is 1. The van der Waals surface area contributed by atoms with Crippen LogP contribution in [0.25, 0.3) is 11.3 Å². The molecule has 1 fully saturated rings. The molecule has 7 nitrogen and oxygen atoms in total. The number of rotatable bonds is 4. The van der Waals surface area contributed by atoms with Gasteiger partial charge in [-0.1, -0.05) is 12.1 Å². The molecular formula is C21H22N4O3. The molecule has 0 radical (unpaired) electrons. The third kappa shape index (κ3) is 3.89. The van der Waals surface area contributed by atoms with E-state index in [-0.39, 0.29) is 5.91 Å². The minimum Gasteiger partial charge on any atom is -0.466 e. The minimum atomic E-state index is -0.194. The lowest BCUT2D eigenvalue weighted by molar-refractivity contribution is 0.102. The van der Waals surface area contributed by atoms with Gasteiger partial charge in [-0.05, 0) is 44.2 Å². The van der Waals surface area contributed by atoms with Gasteiger partial charge in [0.15, 0.2) is 5.82 Å². The second kappa shape index (κ2) is 7.82. The van der Waals surface area contributed by atoms with Crippen molar-refractivity contribution in [3.05, 3.63) is 59.5 Å². The van der Waals surface area contributed by atoms with E-state index in [0.29, 0.717) is 36.0 Å². The Labute approximate surface area is 163 Å². The Balaban J connectivity index is 1.50.